The van der Waals surface area contributed by atoms with Crippen molar-refractivity contribution >= 4 is 18.0 Å². The van der Waals surface area contributed by atoms with Gasteiger partial charge in [-0.15, -0.1) is 0 Å². The highest BCUT2D eigenvalue weighted by molar-refractivity contribution is 5.86. The van der Waals surface area contributed by atoms with Gasteiger partial charge < -0.3 is 20.5 Å². The van der Waals surface area contributed by atoms with Crippen LogP contribution in [0, 0.1) is 0 Å². The normalized spacial score (nSPS) is 14.1. The highest BCUT2D eigenvalue weighted by Crippen LogP contribution is 2.44. The Morgan fingerprint density at radius 3 is 2.09 bits per heavy atom. The van der Waals surface area contributed by atoms with E-state index in [-0.39, 0.29) is 18.9 Å². The Bertz CT molecular complexity index is 929. The molecule has 7 nitrogen and oxygen atoms in total. The molecule has 2 atom stereocenters. The molecule has 0 saturated carbocycles. The number of carbonyl (C=O) groups excluding carboxylic acids is 2. The van der Waals surface area contributed by atoms with Crippen molar-refractivity contribution in [2.24, 2.45) is 0 Å². The first-order valence-corrected chi connectivity index (χ1v) is 11.1. The number of carbonyl (C=O) groups is 3. The highest BCUT2D eigenvalue weighted by atomic mass is 16.5. The van der Waals surface area contributed by atoms with Gasteiger partial charge in [-0.2, -0.15) is 0 Å². The van der Waals surface area contributed by atoms with E-state index in [4.69, 9.17) is 9.84 Å². The van der Waals surface area contributed by atoms with Gasteiger partial charge >= 0.3 is 12.1 Å². The fourth-order valence-electron chi connectivity index (χ4n) is 4.22. The SMILES string of the molecule is CCC[C@H](CC(=O)O)NC(=O)[C@@H](CC)NC(=O)OCC1c2ccccc2-c2ccccc21. The zero-order valence-corrected chi connectivity index (χ0v) is 18.5. The molecule has 7 heteroatoms. The minimum atomic E-state index is -0.971. The highest BCUT2D eigenvalue weighted by Gasteiger charge is 2.30. The van der Waals surface area contributed by atoms with Crippen LogP contribution in [0.2, 0.25) is 0 Å². The molecule has 0 bridgehead atoms. The third-order valence-corrected chi connectivity index (χ3v) is 5.77. The van der Waals surface area contributed by atoms with Gasteiger partial charge in [0.25, 0.3) is 0 Å². The van der Waals surface area contributed by atoms with Crippen LogP contribution >= 0.6 is 0 Å². The van der Waals surface area contributed by atoms with E-state index in [1.165, 1.54) is 0 Å². The summed E-state index contributed by atoms with van der Waals surface area (Å²) in [4.78, 5) is 36.1. The molecule has 0 saturated heterocycles. The monoisotopic (exact) mass is 438 g/mol. The van der Waals surface area contributed by atoms with Gasteiger partial charge in [-0.1, -0.05) is 68.8 Å². The number of nitrogens with one attached hydrogen (secondary N) is 2. The standard InChI is InChI=1S/C25H30N2O5/c1-3-9-16(14-23(28)29)26-24(30)22(4-2)27-25(31)32-15-21-19-12-7-5-10-17(19)18-11-6-8-13-20(18)21/h5-8,10-13,16,21-22H,3-4,9,14-15H2,1-2H3,(H,26,30)(H,27,31)(H,28,29)/t16-,22-/m1/s1. The molecule has 1 aliphatic carbocycles. The lowest BCUT2D eigenvalue weighted by Crippen LogP contribution is -2.50. The molecule has 0 aliphatic heterocycles. The molecule has 0 radical (unpaired) electrons. The van der Waals surface area contributed by atoms with Crippen molar-refractivity contribution in [3.63, 3.8) is 0 Å². The summed E-state index contributed by atoms with van der Waals surface area (Å²) in [5.41, 5.74) is 4.51. The van der Waals surface area contributed by atoms with Crippen LogP contribution in [0.4, 0.5) is 4.79 Å². The maximum atomic E-state index is 12.6. The van der Waals surface area contributed by atoms with Crippen LogP contribution in [-0.2, 0) is 14.3 Å². The van der Waals surface area contributed by atoms with E-state index in [9.17, 15) is 14.4 Å². The number of benzene rings is 2. The molecule has 0 heterocycles. The first-order chi connectivity index (χ1) is 15.4. The van der Waals surface area contributed by atoms with Gasteiger partial charge in [0.1, 0.15) is 12.6 Å². The average Bonchev–Trinajstić information content (AvgIpc) is 3.09. The molecule has 2 aromatic carbocycles. The van der Waals surface area contributed by atoms with Crippen LogP contribution in [0.5, 0.6) is 0 Å². The minimum absolute atomic E-state index is 0.0634. The topological polar surface area (TPSA) is 105 Å². The van der Waals surface area contributed by atoms with E-state index in [0.717, 1.165) is 28.7 Å². The zero-order chi connectivity index (χ0) is 23.1. The largest absolute Gasteiger partial charge is 0.481 e. The lowest BCUT2D eigenvalue weighted by Gasteiger charge is -2.22. The van der Waals surface area contributed by atoms with E-state index in [1.54, 1.807) is 6.92 Å². The number of hydrogen-bond donors (Lipinski definition) is 3. The van der Waals surface area contributed by atoms with E-state index >= 15 is 0 Å². The van der Waals surface area contributed by atoms with Crippen LogP contribution in [0.1, 0.15) is 56.6 Å². The second-order valence-corrected chi connectivity index (χ2v) is 8.02. The molecular weight excluding hydrogens is 408 g/mol. The van der Waals surface area contributed by atoms with Gasteiger partial charge in [-0.05, 0) is 35.1 Å². The number of ether oxygens (including phenoxy) is 1. The molecule has 3 rings (SSSR count). The molecule has 170 valence electrons. The predicted octanol–water partition coefficient (Wildman–Crippen LogP) is 4.06. The summed E-state index contributed by atoms with van der Waals surface area (Å²) < 4.78 is 5.52. The second-order valence-electron chi connectivity index (χ2n) is 8.02. The van der Waals surface area contributed by atoms with Crippen LogP contribution in [0.3, 0.4) is 0 Å². The predicted molar refractivity (Wildman–Crippen MR) is 121 cm³/mol. The number of rotatable bonds is 10. The molecule has 2 aromatic rings. The summed E-state index contributed by atoms with van der Waals surface area (Å²) in [5, 5.41) is 14.4. The molecule has 3 N–H and O–H groups in total. The van der Waals surface area contributed by atoms with Gasteiger partial charge in [-0.3, -0.25) is 9.59 Å². The summed E-state index contributed by atoms with van der Waals surface area (Å²) >= 11 is 0. The Balaban J connectivity index is 1.60. The molecule has 0 fully saturated rings. The Labute approximate surface area is 188 Å². The van der Waals surface area contributed by atoms with Crippen LogP contribution < -0.4 is 10.6 Å². The lowest BCUT2D eigenvalue weighted by atomic mass is 9.98. The van der Waals surface area contributed by atoms with Gasteiger partial charge in [0.15, 0.2) is 0 Å². The number of carboxylic acid groups (broad SMARTS) is 1. The molecule has 1 aliphatic rings. The minimum Gasteiger partial charge on any atom is -0.481 e. The van der Waals surface area contributed by atoms with Gasteiger partial charge in [0.2, 0.25) is 5.91 Å². The van der Waals surface area contributed by atoms with Crippen molar-refractivity contribution in [1.82, 2.24) is 10.6 Å². The Kier molecular flexibility index (Phi) is 7.87. The van der Waals surface area contributed by atoms with Crippen molar-refractivity contribution < 1.29 is 24.2 Å². The number of fused-ring (bicyclic) bond motifs is 3. The van der Waals surface area contributed by atoms with E-state index in [2.05, 4.69) is 22.8 Å². The van der Waals surface area contributed by atoms with E-state index in [1.807, 2.05) is 43.3 Å². The van der Waals surface area contributed by atoms with Crippen LogP contribution in [0.15, 0.2) is 48.5 Å². The van der Waals surface area contributed by atoms with Crippen molar-refractivity contribution in [1.29, 1.82) is 0 Å². The maximum Gasteiger partial charge on any atom is 0.407 e. The molecule has 2 amide bonds. The molecule has 0 spiro atoms. The van der Waals surface area contributed by atoms with E-state index < -0.39 is 30.1 Å². The first-order valence-electron chi connectivity index (χ1n) is 11.1. The Morgan fingerprint density at radius 2 is 1.56 bits per heavy atom. The van der Waals surface area contributed by atoms with Crippen molar-refractivity contribution in [2.75, 3.05) is 6.61 Å². The molecular formula is C25H30N2O5. The smallest absolute Gasteiger partial charge is 0.407 e. The fourth-order valence-corrected chi connectivity index (χ4v) is 4.22. The van der Waals surface area contributed by atoms with Crippen molar-refractivity contribution in [3.8, 4) is 11.1 Å². The Morgan fingerprint density at radius 1 is 0.969 bits per heavy atom. The maximum absolute atomic E-state index is 12.6. The number of aliphatic carboxylic acids is 1. The summed E-state index contributed by atoms with van der Waals surface area (Å²) in [7, 11) is 0. The Hall–Kier alpha value is -3.35. The summed E-state index contributed by atoms with van der Waals surface area (Å²) in [6, 6.07) is 14.9. The van der Waals surface area contributed by atoms with Crippen molar-refractivity contribution in [3.05, 3.63) is 59.7 Å². The third kappa shape index (κ3) is 5.46. The van der Waals surface area contributed by atoms with E-state index in [0.29, 0.717) is 12.8 Å². The van der Waals surface area contributed by atoms with Crippen molar-refractivity contribution in [2.45, 2.75) is 57.5 Å². The van der Waals surface area contributed by atoms with Gasteiger partial charge in [0.05, 0.1) is 6.42 Å². The summed E-state index contributed by atoms with van der Waals surface area (Å²) in [5.74, 6) is -1.44. The quantitative estimate of drug-likeness (QED) is 0.519. The first kappa shape index (κ1) is 23.3. The number of carboxylic acids is 1. The molecule has 32 heavy (non-hydrogen) atoms. The van der Waals surface area contributed by atoms with Gasteiger partial charge in [0, 0.05) is 12.0 Å². The fraction of sp³-hybridized carbons (Fsp3) is 0.400. The third-order valence-electron chi connectivity index (χ3n) is 5.77. The lowest BCUT2D eigenvalue weighted by molar-refractivity contribution is -0.137. The summed E-state index contributed by atoms with van der Waals surface area (Å²) in [6.07, 6.45) is 0.844. The second kappa shape index (κ2) is 10.8. The molecule has 0 unspecified atom stereocenters. The van der Waals surface area contributed by atoms with Crippen LogP contribution in [-0.4, -0.2) is 41.8 Å². The number of hydrogen-bond acceptors (Lipinski definition) is 4. The zero-order valence-electron chi connectivity index (χ0n) is 18.5. The number of alkyl carbamates (subject to hydrolysis) is 1. The number of amides is 2. The summed E-state index contributed by atoms with van der Waals surface area (Å²) in [6.45, 7) is 3.86. The van der Waals surface area contributed by atoms with Gasteiger partial charge in [-0.25, -0.2) is 4.79 Å². The average molecular weight is 439 g/mol. The van der Waals surface area contributed by atoms with Crippen LogP contribution in [0.25, 0.3) is 11.1 Å². The molecule has 0 aromatic heterocycles.